The average Bonchev–Trinajstić information content (AvgIpc) is 2.28. The maximum absolute atomic E-state index is 11.2. The van der Waals surface area contributed by atoms with Crippen LogP contribution in [0, 0.1) is 0 Å². The molecule has 16 heavy (non-hydrogen) atoms. The molecule has 0 saturated carbocycles. The molecule has 0 aromatic heterocycles. The maximum atomic E-state index is 11.2. The van der Waals surface area contributed by atoms with Gasteiger partial charge in [-0.3, -0.25) is 0 Å². The van der Waals surface area contributed by atoms with Crippen molar-refractivity contribution in [2.24, 2.45) is 0 Å². The largest absolute Gasteiger partial charge is 0.463 e. The molecule has 0 atom stereocenters. The lowest BCUT2D eigenvalue weighted by Gasteiger charge is -1.99. The van der Waals surface area contributed by atoms with E-state index in [0.717, 1.165) is 12.2 Å². The zero-order chi connectivity index (χ0) is 11.8. The number of esters is 2. The van der Waals surface area contributed by atoms with Crippen molar-refractivity contribution >= 4 is 11.9 Å². The van der Waals surface area contributed by atoms with E-state index in [0.29, 0.717) is 5.75 Å². The highest BCUT2D eigenvalue weighted by Crippen LogP contribution is 2.08. The lowest BCUT2D eigenvalue weighted by Crippen LogP contribution is -2.06. The fourth-order valence-electron chi connectivity index (χ4n) is 0.965. The summed E-state index contributed by atoms with van der Waals surface area (Å²) in [5.41, 5.74) is 0. The summed E-state index contributed by atoms with van der Waals surface area (Å²) in [7, 11) is 0. The first-order valence-electron chi connectivity index (χ1n) is 4.84. The van der Waals surface area contributed by atoms with E-state index in [1.165, 1.54) is 0 Å². The van der Waals surface area contributed by atoms with Gasteiger partial charge in [-0.2, -0.15) is 0 Å². The summed E-state index contributed by atoms with van der Waals surface area (Å²) in [6, 6.07) is 8.60. The number of ether oxygens (including phenoxy) is 2. The molecule has 4 heteroatoms. The third-order valence-electron chi connectivity index (χ3n) is 1.60. The zero-order valence-electron chi connectivity index (χ0n) is 8.88. The Morgan fingerprint density at radius 2 is 1.75 bits per heavy atom. The molecule has 0 unspecified atom stereocenters. The summed E-state index contributed by atoms with van der Waals surface area (Å²) in [6.07, 6.45) is 2.07. The zero-order valence-corrected chi connectivity index (χ0v) is 8.88. The molecule has 4 nitrogen and oxygen atoms in total. The number of carbonyl (C=O) groups excluding carboxylic acids is 2. The van der Waals surface area contributed by atoms with E-state index < -0.39 is 11.9 Å². The van der Waals surface area contributed by atoms with Crippen LogP contribution in [0.4, 0.5) is 0 Å². The van der Waals surface area contributed by atoms with E-state index >= 15 is 0 Å². The Labute approximate surface area is 93.5 Å². The molecule has 0 saturated heterocycles. The third kappa shape index (κ3) is 4.41. The first-order valence-corrected chi connectivity index (χ1v) is 4.84. The molecule has 84 valence electrons. The van der Waals surface area contributed by atoms with E-state index in [9.17, 15) is 9.59 Å². The average molecular weight is 220 g/mol. The van der Waals surface area contributed by atoms with Crippen molar-refractivity contribution in [3.05, 3.63) is 42.5 Å². The van der Waals surface area contributed by atoms with Gasteiger partial charge in [0.1, 0.15) is 5.75 Å². The Kier molecular flexibility index (Phi) is 4.79. The Morgan fingerprint density at radius 3 is 2.38 bits per heavy atom. The highest BCUT2D eigenvalue weighted by atomic mass is 16.5. The Bertz CT molecular complexity index is 381. The molecule has 0 radical (unpaired) electrons. The maximum Gasteiger partial charge on any atom is 0.336 e. The number of benzene rings is 1. The van der Waals surface area contributed by atoms with E-state index in [2.05, 4.69) is 4.74 Å². The number of hydrogen-bond acceptors (Lipinski definition) is 4. The van der Waals surface area contributed by atoms with Gasteiger partial charge in [0, 0.05) is 12.2 Å². The molecule has 0 heterocycles. The molecule has 0 fully saturated rings. The van der Waals surface area contributed by atoms with Gasteiger partial charge in [-0.1, -0.05) is 18.2 Å². The highest BCUT2D eigenvalue weighted by Gasteiger charge is 2.01. The van der Waals surface area contributed by atoms with Crippen molar-refractivity contribution < 1.29 is 19.1 Å². The van der Waals surface area contributed by atoms with Crippen LogP contribution in [0.25, 0.3) is 0 Å². The molecule has 0 bridgehead atoms. The summed E-state index contributed by atoms with van der Waals surface area (Å²) in [5.74, 6) is -0.743. The van der Waals surface area contributed by atoms with Gasteiger partial charge in [0.25, 0.3) is 0 Å². The first-order chi connectivity index (χ1) is 7.72. The summed E-state index contributed by atoms with van der Waals surface area (Å²) in [4.78, 5) is 22.1. The summed E-state index contributed by atoms with van der Waals surface area (Å²) in [5, 5.41) is 0. The second kappa shape index (κ2) is 6.40. The quantitative estimate of drug-likeness (QED) is 0.440. The van der Waals surface area contributed by atoms with E-state index in [-0.39, 0.29) is 6.61 Å². The van der Waals surface area contributed by atoms with Crippen LogP contribution >= 0.6 is 0 Å². The molecule has 1 aromatic carbocycles. The fourth-order valence-corrected chi connectivity index (χ4v) is 0.965. The van der Waals surface area contributed by atoms with E-state index in [4.69, 9.17) is 4.74 Å². The molecule has 0 aliphatic heterocycles. The topological polar surface area (TPSA) is 52.6 Å². The Morgan fingerprint density at radius 1 is 1.12 bits per heavy atom. The predicted molar refractivity (Wildman–Crippen MR) is 57.9 cm³/mol. The Hall–Kier alpha value is -2.10. The molecule has 1 rings (SSSR count). The predicted octanol–water partition coefficient (Wildman–Crippen LogP) is 1.71. The van der Waals surface area contributed by atoms with Gasteiger partial charge in [0.05, 0.1) is 6.61 Å². The van der Waals surface area contributed by atoms with Crippen molar-refractivity contribution in [1.29, 1.82) is 0 Å². The number of rotatable bonds is 4. The standard InChI is InChI=1S/C12H12O4/c1-2-15-11(13)8-9-12(14)16-10-6-4-3-5-7-10/h3-9H,2H2,1H3. The summed E-state index contributed by atoms with van der Waals surface area (Å²) in [6.45, 7) is 1.96. The number of carbonyl (C=O) groups is 2. The summed E-state index contributed by atoms with van der Waals surface area (Å²) >= 11 is 0. The van der Waals surface area contributed by atoms with Crippen LogP contribution in [-0.4, -0.2) is 18.5 Å². The normalized spacial score (nSPS) is 10.1. The third-order valence-corrected chi connectivity index (χ3v) is 1.60. The lowest BCUT2D eigenvalue weighted by atomic mass is 10.3. The van der Waals surface area contributed by atoms with E-state index in [1.807, 2.05) is 6.07 Å². The second-order valence-corrected chi connectivity index (χ2v) is 2.82. The minimum Gasteiger partial charge on any atom is -0.463 e. The van der Waals surface area contributed by atoms with Gasteiger partial charge in [0.2, 0.25) is 0 Å². The van der Waals surface area contributed by atoms with Gasteiger partial charge in [-0.25, -0.2) is 9.59 Å². The minimum atomic E-state index is -0.612. The van der Waals surface area contributed by atoms with Gasteiger partial charge < -0.3 is 9.47 Å². The van der Waals surface area contributed by atoms with Gasteiger partial charge >= 0.3 is 11.9 Å². The molecule has 0 amide bonds. The Balaban J connectivity index is 2.45. The van der Waals surface area contributed by atoms with Crippen molar-refractivity contribution in [2.75, 3.05) is 6.61 Å². The van der Waals surface area contributed by atoms with Crippen LogP contribution in [0.15, 0.2) is 42.5 Å². The van der Waals surface area contributed by atoms with Crippen molar-refractivity contribution in [3.63, 3.8) is 0 Å². The lowest BCUT2D eigenvalue weighted by molar-refractivity contribution is -0.138. The van der Waals surface area contributed by atoms with Crippen LogP contribution < -0.4 is 4.74 Å². The molecule has 0 aliphatic rings. The monoisotopic (exact) mass is 220 g/mol. The van der Waals surface area contributed by atoms with Crippen LogP contribution in [0.2, 0.25) is 0 Å². The van der Waals surface area contributed by atoms with Crippen molar-refractivity contribution in [3.8, 4) is 5.75 Å². The van der Waals surface area contributed by atoms with Gasteiger partial charge in [-0.05, 0) is 19.1 Å². The van der Waals surface area contributed by atoms with Gasteiger partial charge in [0.15, 0.2) is 0 Å². The fraction of sp³-hybridized carbons (Fsp3) is 0.167. The van der Waals surface area contributed by atoms with Crippen LogP contribution in [0.5, 0.6) is 5.75 Å². The number of hydrogen-bond donors (Lipinski definition) is 0. The van der Waals surface area contributed by atoms with Crippen LogP contribution in [0.1, 0.15) is 6.92 Å². The molecule has 0 spiro atoms. The summed E-state index contributed by atoms with van der Waals surface area (Å²) < 4.78 is 9.52. The van der Waals surface area contributed by atoms with Crippen molar-refractivity contribution in [1.82, 2.24) is 0 Å². The molecular weight excluding hydrogens is 208 g/mol. The molecule has 0 aliphatic carbocycles. The molecular formula is C12H12O4. The van der Waals surface area contributed by atoms with Crippen LogP contribution in [0.3, 0.4) is 0 Å². The second-order valence-electron chi connectivity index (χ2n) is 2.82. The smallest absolute Gasteiger partial charge is 0.336 e. The van der Waals surface area contributed by atoms with E-state index in [1.54, 1.807) is 31.2 Å². The first kappa shape index (κ1) is 12.0. The molecule has 1 aromatic rings. The minimum absolute atomic E-state index is 0.275. The highest BCUT2D eigenvalue weighted by molar-refractivity contribution is 5.92. The number of para-hydroxylation sites is 1. The molecule has 0 N–H and O–H groups in total. The van der Waals surface area contributed by atoms with Gasteiger partial charge in [-0.15, -0.1) is 0 Å². The van der Waals surface area contributed by atoms with Crippen molar-refractivity contribution in [2.45, 2.75) is 6.92 Å². The van der Waals surface area contributed by atoms with Crippen LogP contribution in [-0.2, 0) is 14.3 Å². The SMILES string of the molecule is CCOC(=O)C=CC(=O)Oc1ccccc1.